The number of methoxy groups -OCH3 is 1. The number of anilines is 1. The summed E-state index contributed by atoms with van der Waals surface area (Å²) in [6.07, 6.45) is 1.87. The van der Waals surface area contributed by atoms with Crippen molar-refractivity contribution in [2.24, 2.45) is 0 Å². The maximum absolute atomic E-state index is 5.17. The molecule has 0 aliphatic carbocycles. The van der Waals surface area contributed by atoms with E-state index in [-0.39, 0.29) is 6.04 Å². The predicted octanol–water partition coefficient (Wildman–Crippen LogP) is 4.39. The summed E-state index contributed by atoms with van der Waals surface area (Å²) >= 11 is 3.33. The standard InChI is InChI=1S/C17H20N4OS2/c1-10(8-22-4)19-17-18-7-14(13-5-6-23-9-13)15(21-17)16-20-11(2)12(3)24-16/h5-7,9-10H,8H2,1-4H3,(H,18,19,21)/t10-/m1/s1. The van der Waals surface area contributed by atoms with E-state index in [0.717, 1.165) is 27.5 Å². The van der Waals surface area contributed by atoms with Crippen molar-refractivity contribution in [1.29, 1.82) is 0 Å². The molecule has 3 rings (SSSR count). The summed E-state index contributed by atoms with van der Waals surface area (Å²) in [5, 5.41) is 8.37. The molecule has 7 heteroatoms. The van der Waals surface area contributed by atoms with Crippen molar-refractivity contribution < 1.29 is 4.74 Å². The molecule has 3 aromatic heterocycles. The predicted molar refractivity (Wildman–Crippen MR) is 101 cm³/mol. The lowest BCUT2D eigenvalue weighted by molar-refractivity contribution is 0.190. The van der Waals surface area contributed by atoms with Crippen LogP contribution in [0.3, 0.4) is 0 Å². The molecule has 126 valence electrons. The third-order valence-corrected chi connectivity index (χ3v) is 5.41. The molecule has 0 fully saturated rings. The van der Waals surface area contributed by atoms with Gasteiger partial charge in [-0.25, -0.2) is 15.0 Å². The van der Waals surface area contributed by atoms with Gasteiger partial charge in [-0.2, -0.15) is 11.3 Å². The fraction of sp³-hybridized carbons (Fsp3) is 0.353. The molecule has 1 atom stereocenters. The van der Waals surface area contributed by atoms with Crippen LogP contribution in [0.4, 0.5) is 5.95 Å². The minimum Gasteiger partial charge on any atom is -0.383 e. The number of rotatable bonds is 6. The molecule has 5 nitrogen and oxygen atoms in total. The minimum atomic E-state index is 0.134. The van der Waals surface area contributed by atoms with E-state index in [2.05, 4.69) is 39.0 Å². The molecule has 1 N–H and O–H groups in total. The second-order valence-corrected chi connectivity index (χ2v) is 7.61. The van der Waals surface area contributed by atoms with Crippen molar-refractivity contribution in [1.82, 2.24) is 15.0 Å². The van der Waals surface area contributed by atoms with Gasteiger partial charge >= 0.3 is 0 Å². The van der Waals surface area contributed by atoms with Gasteiger partial charge in [0.05, 0.1) is 12.3 Å². The average Bonchev–Trinajstić information content (AvgIpc) is 3.18. The molecule has 0 aliphatic rings. The highest BCUT2D eigenvalue weighted by molar-refractivity contribution is 7.15. The van der Waals surface area contributed by atoms with Crippen LogP contribution in [0.25, 0.3) is 21.8 Å². The summed E-state index contributed by atoms with van der Waals surface area (Å²) in [5.41, 5.74) is 4.05. The molecule has 0 spiro atoms. The van der Waals surface area contributed by atoms with E-state index in [1.165, 1.54) is 4.88 Å². The van der Waals surface area contributed by atoms with E-state index < -0.39 is 0 Å². The van der Waals surface area contributed by atoms with Gasteiger partial charge in [0.1, 0.15) is 10.7 Å². The number of thiazole rings is 1. The van der Waals surface area contributed by atoms with Crippen LogP contribution in [0.1, 0.15) is 17.5 Å². The van der Waals surface area contributed by atoms with Gasteiger partial charge in [-0.3, -0.25) is 0 Å². The zero-order valence-corrected chi connectivity index (χ0v) is 15.8. The maximum Gasteiger partial charge on any atom is 0.223 e. The first kappa shape index (κ1) is 17.0. The monoisotopic (exact) mass is 360 g/mol. The Balaban J connectivity index is 2.04. The van der Waals surface area contributed by atoms with Crippen molar-refractivity contribution in [2.75, 3.05) is 19.0 Å². The topological polar surface area (TPSA) is 59.9 Å². The summed E-state index contributed by atoms with van der Waals surface area (Å²) in [6.45, 7) is 6.75. The molecule has 0 bridgehead atoms. The van der Waals surface area contributed by atoms with Crippen LogP contribution in [0.5, 0.6) is 0 Å². The normalized spacial score (nSPS) is 12.3. The molecule has 3 heterocycles. The Morgan fingerprint density at radius 1 is 1.29 bits per heavy atom. The van der Waals surface area contributed by atoms with E-state index in [0.29, 0.717) is 12.6 Å². The Hall–Kier alpha value is -1.83. The average molecular weight is 361 g/mol. The van der Waals surface area contributed by atoms with Crippen LogP contribution in [-0.4, -0.2) is 34.7 Å². The number of ether oxygens (including phenoxy) is 1. The molecule has 0 saturated heterocycles. The number of aryl methyl sites for hydroxylation is 2. The van der Waals surface area contributed by atoms with Gasteiger partial charge < -0.3 is 10.1 Å². The van der Waals surface area contributed by atoms with Crippen molar-refractivity contribution in [3.63, 3.8) is 0 Å². The molecule has 0 unspecified atom stereocenters. The van der Waals surface area contributed by atoms with E-state index in [1.54, 1.807) is 29.8 Å². The Morgan fingerprint density at radius 2 is 2.12 bits per heavy atom. The molecular formula is C17H20N4OS2. The molecule has 0 aromatic carbocycles. The lowest BCUT2D eigenvalue weighted by atomic mass is 10.1. The van der Waals surface area contributed by atoms with Gasteiger partial charge in [-0.1, -0.05) is 0 Å². The number of nitrogens with zero attached hydrogens (tertiary/aromatic N) is 3. The highest BCUT2D eigenvalue weighted by atomic mass is 32.1. The lowest BCUT2D eigenvalue weighted by Crippen LogP contribution is -2.22. The van der Waals surface area contributed by atoms with Crippen LogP contribution in [0, 0.1) is 13.8 Å². The minimum absolute atomic E-state index is 0.134. The second-order valence-electron chi connectivity index (χ2n) is 5.63. The zero-order valence-electron chi connectivity index (χ0n) is 14.2. The number of nitrogens with one attached hydrogen (secondary N) is 1. The smallest absolute Gasteiger partial charge is 0.223 e. The van der Waals surface area contributed by atoms with Gasteiger partial charge in [0.15, 0.2) is 0 Å². The van der Waals surface area contributed by atoms with E-state index >= 15 is 0 Å². The van der Waals surface area contributed by atoms with Crippen LogP contribution >= 0.6 is 22.7 Å². The molecule has 0 amide bonds. The van der Waals surface area contributed by atoms with Crippen LogP contribution in [0.15, 0.2) is 23.0 Å². The summed E-state index contributed by atoms with van der Waals surface area (Å²) in [7, 11) is 1.69. The SMILES string of the molecule is COC[C@@H](C)Nc1ncc(-c2ccsc2)c(-c2nc(C)c(C)s2)n1. The van der Waals surface area contributed by atoms with Crippen LogP contribution < -0.4 is 5.32 Å². The largest absolute Gasteiger partial charge is 0.383 e. The van der Waals surface area contributed by atoms with E-state index in [9.17, 15) is 0 Å². The second kappa shape index (κ2) is 7.38. The molecule has 3 aromatic rings. The van der Waals surface area contributed by atoms with Crippen molar-refractivity contribution in [3.05, 3.63) is 33.6 Å². The van der Waals surface area contributed by atoms with Gasteiger partial charge in [0.2, 0.25) is 5.95 Å². The third kappa shape index (κ3) is 3.63. The highest BCUT2D eigenvalue weighted by Crippen LogP contribution is 2.35. The van der Waals surface area contributed by atoms with Gasteiger partial charge in [0.25, 0.3) is 0 Å². The first-order valence-electron chi connectivity index (χ1n) is 7.68. The van der Waals surface area contributed by atoms with Crippen LogP contribution in [0.2, 0.25) is 0 Å². The number of aromatic nitrogens is 3. The molecule has 0 radical (unpaired) electrons. The Bertz CT molecular complexity index is 795. The fourth-order valence-corrected chi connectivity index (χ4v) is 3.90. The Morgan fingerprint density at radius 3 is 2.75 bits per heavy atom. The number of thiophene rings is 1. The quantitative estimate of drug-likeness (QED) is 0.706. The van der Waals surface area contributed by atoms with Gasteiger partial charge in [-0.05, 0) is 43.2 Å². The number of hydrogen-bond donors (Lipinski definition) is 1. The van der Waals surface area contributed by atoms with Gasteiger partial charge in [-0.15, -0.1) is 11.3 Å². The Kier molecular flexibility index (Phi) is 5.23. The molecule has 0 saturated carbocycles. The Labute approximate surface area is 149 Å². The fourth-order valence-electron chi connectivity index (χ4n) is 2.33. The summed E-state index contributed by atoms with van der Waals surface area (Å²) in [4.78, 5) is 15.1. The first-order valence-corrected chi connectivity index (χ1v) is 9.44. The van der Waals surface area contributed by atoms with Crippen molar-refractivity contribution >= 4 is 28.6 Å². The van der Waals surface area contributed by atoms with Crippen molar-refractivity contribution in [3.8, 4) is 21.8 Å². The molecule has 0 aliphatic heterocycles. The summed E-state index contributed by atoms with van der Waals surface area (Å²) in [6, 6.07) is 2.22. The summed E-state index contributed by atoms with van der Waals surface area (Å²) < 4.78 is 5.17. The van der Waals surface area contributed by atoms with E-state index in [1.807, 2.05) is 20.0 Å². The number of hydrogen-bond acceptors (Lipinski definition) is 7. The first-order chi connectivity index (χ1) is 11.6. The van der Waals surface area contributed by atoms with Crippen LogP contribution in [-0.2, 0) is 4.74 Å². The molecular weight excluding hydrogens is 340 g/mol. The third-order valence-electron chi connectivity index (χ3n) is 3.64. The van der Waals surface area contributed by atoms with Crippen molar-refractivity contribution in [2.45, 2.75) is 26.8 Å². The lowest BCUT2D eigenvalue weighted by Gasteiger charge is -2.14. The van der Waals surface area contributed by atoms with E-state index in [4.69, 9.17) is 9.72 Å². The molecule has 24 heavy (non-hydrogen) atoms. The van der Waals surface area contributed by atoms with Gasteiger partial charge in [0, 0.05) is 29.8 Å². The highest BCUT2D eigenvalue weighted by Gasteiger charge is 2.17. The summed E-state index contributed by atoms with van der Waals surface area (Å²) in [5.74, 6) is 0.596. The maximum atomic E-state index is 5.17. The zero-order chi connectivity index (χ0) is 17.1.